The molecule has 1 rings (SSSR count). The van der Waals surface area contributed by atoms with E-state index < -0.39 is 49.4 Å². The van der Waals surface area contributed by atoms with Gasteiger partial charge in [-0.25, -0.2) is 9.18 Å². The Morgan fingerprint density at radius 2 is 1.92 bits per heavy atom. The second-order valence-corrected chi connectivity index (χ2v) is 4.93. The van der Waals surface area contributed by atoms with Crippen LogP contribution in [0.15, 0.2) is 17.9 Å². The highest BCUT2D eigenvalue weighted by atomic mass is 35.5. The average Bonchev–Trinajstić information content (AvgIpc) is 2.51. The Balaban J connectivity index is 3.49. The first-order valence-electron chi connectivity index (χ1n) is 6.61. The van der Waals surface area contributed by atoms with Crippen molar-refractivity contribution in [1.29, 1.82) is 0 Å². The van der Waals surface area contributed by atoms with Crippen molar-refractivity contribution in [1.82, 2.24) is 0 Å². The summed E-state index contributed by atoms with van der Waals surface area (Å²) in [7, 11) is 0. The smallest absolute Gasteiger partial charge is 0.345 e. The van der Waals surface area contributed by atoms with Gasteiger partial charge in [0, 0.05) is 0 Å². The molecule has 0 atom stereocenters. The predicted octanol–water partition coefficient (Wildman–Crippen LogP) is 3.71. The van der Waals surface area contributed by atoms with Crippen LogP contribution in [-0.4, -0.2) is 29.9 Å². The first kappa shape index (κ1) is 19.9. The van der Waals surface area contributed by atoms with Crippen molar-refractivity contribution < 1.29 is 28.4 Å². The lowest BCUT2D eigenvalue weighted by Crippen LogP contribution is -2.18. The van der Waals surface area contributed by atoms with Crippen LogP contribution in [-0.2, 0) is 14.3 Å². The lowest BCUT2D eigenvalue weighted by molar-refractivity contribution is -0.384. The lowest BCUT2D eigenvalue weighted by Gasteiger charge is -2.09. The number of halogens is 3. The van der Waals surface area contributed by atoms with E-state index in [1.165, 1.54) is 6.92 Å². The average molecular weight is 380 g/mol. The molecule has 1 aromatic carbocycles. The van der Waals surface area contributed by atoms with Crippen LogP contribution in [0.3, 0.4) is 0 Å². The van der Waals surface area contributed by atoms with E-state index in [1.54, 1.807) is 6.92 Å². The minimum absolute atomic E-state index is 0.0293. The molecule has 0 saturated carbocycles. The van der Waals surface area contributed by atoms with Gasteiger partial charge in [0.1, 0.15) is 22.7 Å². The third kappa shape index (κ3) is 4.21. The van der Waals surface area contributed by atoms with Gasteiger partial charge < -0.3 is 9.47 Å². The molecule has 0 aliphatic heterocycles. The van der Waals surface area contributed by atoms with Gasteiger partial charge in [-0.05, 0) is 19.9 Å². The minimum Gasteiger partial charge on any atom is -0.500 e. The first-order valence-corrected chi connectivity index (χ1v) is 7.37. The monoisotopic (exact) mass is 379 g/mol. The summed E-state index contributed by atoms with van der Waals surface area (Å²) in [5.74, 6) is -3.36. The zero-order valence-electron chi connectivity index (χ0n) is 12.6. The summed E-state index contributed by atoms with van der Waals surface area (Å²) in [6.45, 7) is 3.22. The zero-order valence-corrected chi connectivity index (χ0v) is 14.1. The SMILES string of the molecule is CCO/C=C(\C(=O)OCC)C(=O)c1cc(F)c(Cl)c([N+](=O)[O-])c1Cl. The number of nitrogens with zero attached hydrogens (tertiary/aromatic N) is 1. The van der Waals surface area contributed by atoms with Crippen molar-refractivity contribution in [3.8, 4) is 0 Å². The second-order valence-electron chi connectivity index (χ2n) is 4.18. The molecule has 0 aliphatic rings. The van der Waals surface area contributed by atoms with Crippen LogP contribution in [0.4, 0.5) is 10.1 Å². The van der Waals surface area contributed by atoms with Crippen molar-refractivity contribution in [2.75, 3.05) is 13.2 Å². The minimum atomic E-state index is -1.23. The topological polar surface area (TPSA) is 95.7 Å². The van der Waals surface area contributed by atoms with Crippen LogP contribution < -0.4 is 0 Å². The molecule has 0 amide bonds. The van der Waals surface area contributed by atoms with Crippen LogP contribution in [0.5, 0.6) is 0 Å². The number of hydrogen-bond acceptors (Lipinski definition) is 6. The number of nitro groups is 1. The highest BCUT2D eigenvalue weighted by Crippen LogP contribution is 2.38. The zero-order chi connectivity index (χ0) is 18.4. The molecule has 0 saturated heterocycles. The Morgan fingerprint density at radius 3 is 2.42 bits per heavy atom. The Bertz CT molecular complexity index is 720. The number of Topliss-reactive ketones (excluding diaryl/α,β-unsaturated/α-hetero) is 1. The molecular formula is C14H12Cl2FNO6. The summed E-state index contributed by atoms with van der Waals surface area (Å²) in [6, 6.07) is 0.610. The molecule has 0 spiro atoms. The van der Waals surface area contributed by atoms with Gasteiger partial charge in [-0.1, -0.05) is 23.2 Å². The summed E-state index contributed by atoms with van der Waals surface area (Å²) in [4.78, 5) is 34.3. The van der Waals surface area contributed by atoms with Crippen molar-refractivity contribution in [2.45, 2.75) is 13.8 Å². The quantitative estimate of drug-likeness (QED) is 0.0824. The number of nitro benzene ring substituents is 1. The third-order valence-corrected chi connectivity index (χ3v) is 3.41. The number of rotatable bonds is 7. The number of benzene rings is 1. The maximum absolute atomic E-state index is 13.8. The van der Waals surface area contributed by atoms with Crippen molar-refractivity contribution >= 4 is 40.6 Å². The Labute approximate surface area is 146 Å². The van der Waals surface area contributed by atoms with Gasteiger partial charge in [0.2, 0.25) is 5.78 Å². The summed E-state index contributed by atoms with van der Waals surface area (Å²) in [5.41, 5.74) is -2.16. The number of carbonyl (C=O) groups is 2. The Kier molecular flexibility index (Phi) is 7.12. The number of esters is 1. The van der Waals surface area contributed by atoms with Gasteiger partial charge in [0.05, 0.1) is 23.7 Å². The molecule has 24 heavy (non-hydrogen) atoms. The second kappa shape index (κ2) is 8.60. The van der Waals surface area contributed by atoms with Crippen molar-refractivity contribution in [3.63, 3.8) is 0 Å². The molecule has 0 radical (unpaired) electrons. The van der Waals surface area contributed by atoms with E-state index in [2.05, 4.69) is 0 Å². The summed E-state index contributed by atoms with van der Waals surface area (Å²) >= 11 is 11.3. The van der Waals surface area contributed by atoms with E-state index >= 15 is 0 Å². The number of ether oxygens (including phenoxy) is 2. The summed E-state index contributed by atoms with van der Waals surface area (Å²) in [6.07, 6.45) is 0.828. The molecule has 0 unspecified atom stereocenters. The van der Waals surface area contributed by atoms with E-state index in [-0.39, 0.29) is 13.2 Å². The van der Waals surface area contributed by atoms with Crippen LogP contribution in [0.1, 0.15) is 24.2 Å². The summed E-state index contributed by atoms with van der Waals surface area (Å²) < 4.78 is 23.4. The molecule has 0 bridgehead atoms. The molecule has 1 aromatic rings. The number of ketones is 1. The molecule has 0 N–H and O–H groups in total. The van der Waals surface area contributed by atoms with E-state index in [0.29, 0.717) is 6.07 Å². The standard InChI is InChI=1S/C14H12Cl2FNO6/c1-3-23-6-8(14(20)24-4-2)13(19)7-5-9(17)11(16)12(10(7)15)18(21)22/h5-6H,3-4H2,1-2H3/b8-6-. The first-order chi connectivity index (χ1) is 11.3. The van der Waals surface area contributed by atoms with E-state index in [4.69, 9.17) is 32.7 Å². The fraction of sp³-hybridized carbons (Fsp3) is 0.286. The molecule has 0 aliphatic carbocycles. The van der Waals surface area contributed by atoms with Crippen molar-refractivity contribution in [2.24, 2.45) is 0 Å². The molecular weight excluding hydrogens is 368 g/mol. The van der Waals surface area contributed by atoms with Crippen LogP contribution >= 0.6 is 23.2 Å². The van der Waals surface area contributed by atoms with Gasteiger partial charge in [0.25, 0.3) is 0 Å². The molecule has 7 nitrogen and oxygen atoms in total. The molecule has 10 heteroatoms. The van der Waals surface area contributed by atoms with E-state index in [1.807, 2.05) is 0 Å². The molecule has 130 valence electrons. The van der Waals surface area contributed by atoms with Crippen LogP contribution in [0.2, 0.25) is 10.0 Å². The normalized spacial score (nSPS) is 11.1. The third-order valence-electron chi connectivity index (χ3n) is 2.67. The molecule has 0 aromatic heterocycles. The summed E-state index contributed by atoms with van der Waals surface area (Å²) in [5, 5.41) is 9.44. The largest absolute Gasteiger partial charge is 0.500 e. The maximum atomic E-state index is 13.8. The highest BCUT2D eigenvalue weighted by molar-refractivity contribution is 6.42. The van der Waals surface area contributed by atoms with Crippen molar-refractivity contribution in [3.05, 3.63) is 49.4 Å². The fourth-order valence-corrected chi connectivity index (χ4v) is 2.20. The van der Waals surface area contributed by atoms with Gasteiger partial charge in [-0.15, -0.1) is 0 Å². The van der Waals surface area contributed by atoms with Crippen LogP contribution in [0.25, 0.3) is 0 Å². The Hall–Kier alpha value is -2.19. The van der Waals surface area contributed by atoms with Gasteiger partial charge in [-0.2, -0.15) is 0 Å². The van der Waals surface area contributed by atoms with Gasteiger partial charge in [-0.3, -0.25) is 14.9 Å². The molecule has 0 fully saturated rings. The predicted molar refractivity (Wildman–Crippen MR) is 83.7 cm³/mol. The highest BCUT2D eigenvalue weighted by Gasteiger charge is 2.31. The van der Waals surface area contributed by atoms with E-state index in [0.717, 1.165) is 6.26 Å². The van der Waals surface area contributed by atoms with Crippen LogP contribution in [0, 0.1) is 15.9 Å². The van der Waals surface area contributed by atoms with E-state index in [9.17, 15) is 24.1 Å². The Morgan fingerprint density at radius 1 is 1.29 bits per heavy atom. The molecule has 0 heterocycles. The van der Waals surface area contributed by atoms with Gasteiger partial charge in [0.15, 0.2) is 5.02 Å². The number of carbonyl (C=O) groups excluding carboxylic acids is 2. The fourth-order valence-electron chi connectivity index (χ4n) is 1.63. The lowest BCUT2D eigenvalue weighted by atomic mass is 10.0. The van der Waals surface area contributed by atoms with Gasteiger partial charge >= 0.3 is 11.7 Å². The number of hydrogen-bond donors (Lipinski definition) is 0. The maximum Gasteiger partial charge on any atom is 0.345 e.